The second-order valence-electron chi connectivity index (χ2n) is 8.11. The molecule has 0 aliphatic carbocycles. The predicted octanol–water partition coefficient (Wildman–Crippen LogP) is 3.15. The Kier molecular flexibility index (Phi) is 9.60. The van der Waals surface area contributed by atoms with Crippen LogP contribution in [-0.2, 0) is 14.3 Å². The lowest BCUT2D eigenvalue weighted by Gasteiger charge is -2.19. The molecule has 0 radical (unpaired) electrons. The zero-order valence-electron chi connectivity index (χ0n) is 19.7. The van der Waals surface area contributed by atoms with E-state index < -0.39 is 17.9 Å². The number of benzene rings is 2. The van der Waals surface area contributed by atoms with E-state index in [1.54, 1.807) is 24.3 Å². The molecule has 33 heavy (non-hydrogen) atoms. The fourth-order valence-corrected chi connectivity index (χ4v) is 3.17. The average Bonchev–Trinajstić information content (AvgIpc) is 2.78. The third-order valence-corrected chi connectivity index (χ3v) is 4.84. The molecule has 2 rings (SSSR count). The van der Waals surface area contributed by atoms with E-state index in [1.165, 1.54) is 13.3 Å². The molecule has 0 spiro atoms. The zero-order valence-corrected chi connectivity index (χ0v) is 19.7. The fourth-order valence-electron chi connectivity index (χ4n) is 3.17. The number of esters is 1. The number of nitrogens with zero attached hydrogens (tertiary/aromatic N) is 1. The highest BCUT2D eigenvalue weighted by molar-refractivity contribution is 5.91. The molecule has 2 N–H and O–H groups in total. The third-order valence-electron chi connectivity index (χ3n) is 4.84. The van der Waals surface area contributed by atoms with Gasteiger partial charge in [-0.1, -0.05) is 44.2 Å². The van der Waals surface area contributed by atoms with Crippen LogP contribution in [0.15, 0.2) is 47.6 Å². The van der Waals surface area contributed by atoms with E-state index >= 15 is 0 Å². The van der Waals surface area contributed by atoms with Gasteiger partial charge in [0, 0.05) is 0 Å². The van der Waals surface area contributed by atoms with Gasteiger partial charge in [-0.2, -0.15) is 5.10 Å². The number of methoxy groups -OCH3 is 1. The Morgan fingerprint density at radius 2 is 1.67 bits per heavy atom. The Morgan fingerprint density at radius 1 is 1.03 bits per heavy atom. The molecular formula is C25H31N3O5. The molecule has 0 heterocycles. The minimum absolute atomic E-state index is 0.176. The monoisotopic (exact) mass is 453 g/mol. The second-order valence-corrected chi connectivity index (χ2v) is 8.11. The van der Waals surface area contributed by atoms with Gasteiger partial charge in [0.15, 0.2) is 6.61 Å². The van der Waals surface area contributed by atoms with Crippen LogP contribution in [0.2, 0.25) is 0 Å². The molecule has 0 aromatic heterocycles. The van der Waals surface area contributed by atoms with Gasteiger partial charge in [-0.05, 0) is 55.0 Å². The summed E-state index contributed by atoms with van der Waals surface area (Å²) in [5.74, 6) is -0.399. The number of ether oxygens (including phenoxy) is 2. The lowest BCUT2D eigenvalue weighted by Crippen LogP contribution is -2.47. The Balaban J connectivity index is 1.94. The number of carbonyl (C=O) groups is 3. The maximum atomic E-state index is 12.6. The van der Waals surface area contributed by atoms with Crippen LogP contribution < -0.4 is 15.5 Å². The van der Waals surface area contributed by atoms with Crippen molar-refractivity contribution in [3.05, 3.63) is 64.7 Å². The zero-order chi connectivity index (χ0) is 24.4. The summed E-state index contributed by atoms with van der Waals surface area (Å²) in [4.78, 5) is 36.6. The summed E-state index contributed by atoms with van der Waals surface area (Å²) in [6, 6.07) is 11.6. The van der Waals surface area contributed by atoms with Crippen LogP contribution in [0.1, 0.15) is 47.3 Å². The van der Waals surface area contributed by atoms with Gasteiger partial charge in [-0.25, -0.2) is 10.2 Å². The summed E-state index contributed by atoms with van der Waals surface area (Å²) in [5, 5.41) is 6.70. The van der Waals surface area contributed by atoms with Crippen molar-refractivity contribution in [1.82, 2.24) is 10.7 Å². The van der Waals surface area contributed by atoms with Crippen molar-refractivity contribution in [2.45, 2.75) is 40.2 Å². The standard InChI is InChI=1S/C25H31N3O5/c1-16(2)13-21(27-22(29)15-33-23-17(3)7-6-8-18(23)4)24(30)28-26-14-19-9-11-20(12-10-19)25(31)32-5/h6-12,14,16,21H,13,15H2,1-5H3,(H,27,29)(H,28,30)/b26-14-/t21-/m1/s1. The number of hydrazone groups is 1. The first-order valence-corrected chi connectivity index (χ1v) is 10.7. The van der Waals surface area contributed by atoms with Crippen LogP contribution >= 0.6 is 0 Å². The number of amides is 2. The molecule has 8 heteroatoms. The largest absolute Gasteiger partial charge is 0.483 e. The molecule has 0 fully saturated rings. The number of rotatable bonds is 10. The number of hydrogen-bond acceptors (Lipinski definition) is 6. The van der Waals surface area contributed by atoms with Crippen molar-refractivity contribution in [3.8, 4) is 5.75 Å². The SMILES string of the molecule is COC(=O)c1ccc(/C=N\NC(=O)[C@@H](CC(C)C)NC(=O)COc2c(C)cccc2C)cc1. The molecule has 0 saturated heterocycles. The van der Waals surface area contributed by atoms with Crippen molar-refractivity contribution >= 4 is 24.0 Å². The van der Waals surface area contributed by atoms with Crippen molar-refractivity contribution in [3.63, 3.8) is 0 Å². The first-order valence-electron chi connectivity index (χ1n) is 10.7. The number of aryl methyl sites for hydroxylation is 2. The summed E-state index contributed by atoms with van der Waals surface area (Å²) in [7, 11) is 1.31. The van der Waals surface area contributed by atoms with E-state index in [0.29, 0.717) is 23.3 Å². The lowest BCUT2D eigenvalue weighted by molar-refractivity contribution is -0.130. The first-order chi connectivity index (χ1) is 15.7. The van der Waals surface area contributed by atoms with Gasteiger partial charge in [0.05, 0.1) is 18.9 Å². The highest BCUT2D eigenvalue weighted by atomic mass is 16.5. The number of para-hydroxylation sites is 1. The second kappa shape index (κ2) is 12.4. The molecule has 0 saturated carbocycles. The van der Waals surface area contributed by atoms with E-state index in [9.17, 15) is 14.4 Å². The molecule has 1 atom stereocenters. The molecule has 176 valence electrons. The number of carbonyl (C=O) groups excluding carboxylic acids is 3. The van der Waals surface area contributed by atoms with Gasteiger partial charge in [0.25, 0.3) is 11.8 Å². The maximum Gasteiger partial charge on any atom is 0.337 e. The number of hydrogen-bond donors (Lipinski definition) is 2. The van der Waals surface area contributed by atoms with Gasteiger partial charge >= 0.3 is 5.97 Å². The Labute approximate surface area is 194 Å². The van der Waals surface area contributed by atoms with Crippen LogP contribution in [-0.4, -0.2) is 43.8 Å². The Hall–Kier alpha value is -3.68. The van der Waals surface area contributed by atoms with Crippen molar-refractivity contribution in [2.75, 3.05) is 13.7 Å². The minimum atomic E-state index is -0.752. The summed E-state index contributed by atoms with van der Waals surface area (Å²) >= 11 is 0. The van der Waals surface area contributed by atoms with Gasteiger partial charge in [-0.15, -0.1) is 0 Å². The first kappa shape index (κ1) is 25.6. The van der Waals surface area contributed by atoms with Gasteiger partial charge < -0.3 is 14.8 Å². The average molecular weight is 454 g/mol. The molecule has 0 bridgehead atoms. The minimum Gasteiger partial charge on any atom is -0.483 e. The maximum absolute atomic E-state index is 12.6. The summed E-state index contributed by atoms with van der Waals surface area (Å²) in [5.41, 5.74) is 5.45. The van der Waals surface area contributed by atoms with E-state index in [-0.39, 0.29) is 18.4 Å². The lowest BCUT2D eigenvalue weighted by atomic mass is 10.0. The van der Waals surface area contributed by atoms with Crippen molar-refractivity contribution < 1.29 is 23.9 Å². The van der Waals surface area contributed by atoms with Gasteiger partial charge in [0.1, 0.15) is 11.8 Å². The Morgan fingerprint density at radius 3 is 2.24 bits per heavy atom. The summed E-state index contributed by atoms with van der Waals surface area (Å²) in [6.45, 7) is 7.56. The quantitative estimate of drug-likeness (QED) is 0.327. The van der Waals surface area contributed by atoms with E-state index in [1.807, 2.05) is 45.9 Å². The molecule has 2 aromatic carbocycles. The van der Waals surface area contributed by atoms with Crippen molar-refractivity contribution in [2.24, 2.45) is 11.0 Å². The van der Waals surface area contributed by atoms with Gasteiger partial charge in [-0.3, -0.25) is 9.59 Å². The summed E-state index contributed by atoms with van der Waals surface area (Å²) in [6.07, 6.45) is 1.90. The van der Waals surface area contributed by atoms with E-state index in [4.69, 9.17) is 4.74 Å². The molecule has 2 amide bonds. The molecule has 0 unspecified atom stereocenters. The van der Waals surface area contributed by atoms with E-state index in [0.717, 1.165) is 11.1 Å². The smallest absolute Gasteiger partial charge is 0.337 e. The van der Waals surface area contributed by atoms with Gasteiger partial charge in [0.2, 0.25) is 0 Å². The molecule has 0 aliphatic rings. The van der Waals surface area contributed by atoms with Crippen LogP contribution in [0.4, 0.5) is 0 Å². The topological polar surface area (TPSA) is 106 Å². The van der Waals surface area contributed by atoms with Crippen LogP contribution in [0, 0.1) is 19.8 Å². The molecular weight excluding hydrogens is 422 g/mol. The highest BCUT2D eigenvalue weighted by Crippen LogP contribution is 2.22. The Bertz CT molecular complexity index is 979. The van der Waals surface area contributed by atoms with Crippen molar-refractivity contribution in [1.29, 1.82) is 0 Å². The van der Waals surface area contributed by atoms with E-state index in [2.05, 4.69) is 20.6 Å². The van der Waals surface area contributed by atoms with Crippen LogP contribution in [0.5, 0.6) is 5.75 Å². The normalized spacial score (nSPS) is 11.8. The molecule has 0 aliphatic heterocycles. The van der Waals surface area contributed by atoms with Crippen LogP contribution in [0.25, 0.3) is 0 Å². The fraction of sp³-hybridized carbons (Fsp3) is 0.360. The summed E-state index contributed by atoms with van der Waals surface area (Å²) < 4.78 is 10.3. The predicted molar refractivity (Wildman–Crippen MR) is 126 cm³/mol. The number of nitrogens with one attached hydrogen (secondary N) is 2. The third kappa shape index (κ3) is 8.07. The molecule has 8 nitrogen and oxygen atoms in total. The molecule has 2 aromatic rings. The highest BCUT2D eigenvalue weighted by Gasteiger charge is 2.22. The van der Waals surface area contributed by atoms with Crippen LogP contribution in [0.3, 0.4) is 0 Å².